The lowest BCUT2D eigenvalue weighted by molar-refractivity contribution is -0.274. The fraction of sp³-hybridized carbons (Fsp3) is 0.208. The normalized spacial score (nSPS) is 14.8. The highest BCUT2D eigenvalue weighted by Gasteiger charge is 2.53. The van der Waals surface area contributed by atoms with Gasteiger partial charge in [0.1, 0.15) is 29.0 Å². The van der Waals surface area contributed by atoms with Gasteiger partial charge in [-0.2, -0.15) is 4.72 Å². The number of sulfonamides is 1. The highest BCUT2D eigenvalue weighted by Crippen LogP contribution is 2.38. The van der Waals surface area contributed by atoms with E-state index in [1.807, 2.05) is 0 Å². The Morgan fingerprint density at radius 3 is 2.47 bits per heavy atom. The molecular formula is C24H18F4N4O5S. The maximum Gasteiger partial charge on any atom is 0.573 e. The monoisotopic (exact) mass is 550 g/mol. The van der Waals surface area contributed by atoms with Crippen LogP contribution in [0, 0.1) is 5.82 Å². The number of ether oxygens (including phenoxy) is 1. The molecule has 1 fully saturated rings. The van der Waals surface area contributed by atoms with E-state index in [1.54, 1.807) is 0 Å². The third-order valence-corrected chi connectivity index (χ3v) is 7.16. The third-order valence-electron chi connectivity index (χ3n) is 5.77. The number of nitrogens with one attached hydrogen (secondary N) is 2. The minimum Gasteiger partial charge on any atom is -0.443 e. The van der Waals surface area contributed by atoms with Crippen LogP contribution in [-0.4, -0.2) is 36.2 Å². The number of hydrogen-bond acceptors (Lipinski definition) is 7. The number of carbonyl (C=O) groups is 1. The Kier molecular flexibility index (Phi) is 6.31. The summed E-state index contributed by atoms with van der Waals surface area (Å²) in [6.45, 7) is -0.0585. The van der Waals surface area contributed by atoms with Gasteiger partial charge in [0.2, 0.25) is 11.0 Å². The number of fused-ring (bicyclic) bond motifs is 1. The Morgan fingerprint density at radius 2 is 1.79 bits per heavy atom. The zero-order valence-corrected chi connectivity index (χ0v) is 20.1. The second kappa shape index (κ2) is 9.36. The molecule has 0 spiro atoms. The van der Waals surface area contributed by atoms with Crippen LogP contribution in [0.2, 0.25) is 0 Å². The van der Waals surface area contributed by atoms with E-state index in [2.05, 4.69) is 24.7 Å². The molecule has 4 aromatic rings. The van der Waals surface area contributed by atoms with Crippen molar-refractivity contribution in [3.63, 3.8) is 0 Å². The summed E-state index contributed by atoms with van der Waals surface area (Å²) in [7, 11) is -4.22. The van der Waals surface area contributed by atoms with Crippen LogP contribution in [0.4, 0.5) is 17.6 Å². The summed E-state index contributed by atoms with van der Waals surface area (Å²) < 4.78 is 87.8. The smallest absolute Gasteiger partial charge is 0.443 e. The standard InChI is InChI=1S/C24H18F4N4O5S/c25-16-3-6-20-15(9-16)10-21(36-20)38(34,35)32-23(7-8-23)22(33)29-12-17-11-19(31-13-30-17)14-1-4-18(5-2-14)37-24(26,27)28/h1-6,9-11,13,32H,7-8,12H2,(H,29,33). The predicted octanol–water partition coefficient (Wildman–Crippen LogP) is 4.05. The fourth-order valence-electron chi connectivity index (χ4n) is 3.75. The molecule has 0 bridgehead atoms. The van der Waals surface area contributed by atoms with E-state index in [-0.39, 0.29) is 36.1 Å². The largest absolute Gasteiger partial charge is 0.573 e. The Labute approximate surface area is 212 Å². The van der Waals surface area contributed by atoms with Gasteiger partial charge in [-0.25, -0.2) is 22.8 Å². The number of carbonyl (C=O) groups excluding carboxylic acids is 1. The SMILES string of the molecule is O=C(NCc1cc(-c2ccc(OC(F)(F)F)cc2)ncn1)C1(NS(=O)(=O)c2cc3cc(F)ccc3o2)CC1. The molecule has 1 saturated carbocycles. The molecule has 14 heteroatoms. The number of halogens is 4. The number of furan rings is 1. The van der Waals surface area contributed by atoms with Gasteiger partial charge in [0, 0.05) is 17.0 Å². The van der Waals surface area contributed by atoms with Crippen LogP contribution in [0.3, 0.4) is 0 Å². The van der Waals surface area contributed by atoms with Crippen molar-refractivity contribution in [3.8, 4) is 17.0 Å². The molecular weight excluding hydrogens is 532 g/mol. The second-order valence-electron chi connectivity index (χ2n) is 8.58. The van der Waals surface area contributed by atoms with Crippen molar-refractivity contribution in [1.82, 2.24) is 20.0 Å². The van der Waals surface area contributed by atoms with E-state index < -0.39 is 38.7 Å². The summed E-state index contributed by atoms with van der Waals surface area (Å²) >= 11 is 0. The van der Waals surface area contributed by atoms with E-state index >= 15 is 0 Å². The summed E-state index contributed by atoms with van der Waals surface area (Å²) in [5.41, 5.74) is 0.0884. The van der Waals surface area contributed by atoms with Gasteiger partial charge in [0.25, 0.3) is 10.0 Å². The molecule has 0 unspecified atom stereocenters. The van der Waals surface area contributed by atoms with Crippen LogP contribution >= 0.6 is 0 Å². The second-order valence-corrected chi connectivity index (χ2v) is 10.2. The summed E-state index contributed by atoms with van der Waals surface area (Å²) in [5, 5.41) is 2.47. The first-order valence-corrected chi connectivity index (χ1v) is 12.6. The van der Waals surface area contributed by atoms with Crippen molar-refractivity contribution in [2.75, 3.05) is 0 Å². The van der Waals surface area contributed by atoms with E-state index in [0.29, 0.717) is 17.0 Å². The van der Waals surface area contributed by atoms with Crippen molar-refractivity contribution >= 4 is 26.9 Å². The molecule has 9 nitrogen and oxygen atoms in total. The molecule has 38 heavy (non-hydrogen) atoms. The summed E-state index contributed by atoms with van der Waals surface area (Å²) in [5.74, 6) is -1.50. The van der Waals surface area contributed by atoms with Gasteiger partial charge in [-0.1, -0.05) is 0 Å². The molecule has 2 aromatic heterocycles. The van der Waals surface area contributed by atoms with E-state index in [0.717, 1.165) is 24.3 Å². The van der Waals surface area contributed by atoms with Crippen molar-refractivity contribution in [2.45, 2.75) is 36.4 Å². The topological polar surface area (TPSA) is 123 Å². The van der Waals surface area contributed by atoms with Crippen molar-refractivity contribution in [1.29, 1.82) is 0 Å². The molecule has 2 aromatic carbocycles. The predicted molar refractivity (Wildman–Crippen MR) is 124 cm³/mol. The van der Waals surface area contributed by atoms with Crippen LogP contribution in [0.15, 0.2) is 70.4 Å². The van der Waals surface area contributed by atoms with Crippen LogP contribution in [0.25, 0.3) is 22.2 Å². The first-order valence-electron chi connectivity index (χ1n) is 11.1. The number of amides is 1. The fourth-order valence-corrected chi connectivity index (χ4v) is 5.14. The maximum absolute atomic E-state index is 13.4. The molecule has 1 amide bonds. The number of nitrogens with zero attached hydrogens (tertiary/aromatic N) is 2. The minimum atomic E-state index is -4.81. The molecule has 5 rings (SSSR count). The summed E-state index contributed by atoms with van der Waals surface area (Å²) in [6.07, 6.45) is -3.06. The number of alkyl halides is 3. The van der Waals surface area contributed by atoms with E-state index in [1.165, 1.54) is 36.7 Å². The Balaban J connectivity index is 1.24. The van der Waals surface area contributed by atoms with Gasteiger partial charge in [-0.15, -0.1) is 13.2 Å². The Bertz CT molecular complexity index is 1620. The first kappa shape index (κ1) is 25.6. The van der Waals surface area contributed by atoms with Gasteiger partial charge in [-0.05, 0) is 61.4 Å². The number of rotatable bonds is 8. The Hall–Kier alpha value is -4.04. The van der Waals surface area contributed by atoms with E-state index in [4.69, 9.17) is 4.42 Å². The maximum atomic E-state index is 13.4. The van der Waals surface area contributed by atoms with E-state index in [9.17, 15) is 30.8 Å². The van der Waals surface area contributed by atoms with Gasteiger partial charge in [0.15, 0.2) is 0 Å². The highest BCUT2D eigenvalue weighted by atomic mass is 32.2. The van der Waals surface area contributed by atoms with Gasteiger partial charge >= 0.3 is 6.36 Å². The summed E-state index contributed by atoms with van der Waals surface area (Å²) in [6, 6.07) is 11.4. The van der Waals surface area contributed by atoms with Crippen molar-refractivity contribution in [3.05, 3.63) is 72.4 Å². The molecule has 0 radical (unpaired) electrons. The molecule has 2 N–H and O–H groups in total. The number of aromatic nitrogens is 2. The lowest BCUT2D eigenvalue weighted by Crippen LogP contribution is -2.48. The highest BCUT2D eigenvalue weighted by molar-refractivity contribution is 7.89. The molecule has 0 saturated heterocycles. The average Bonchev–Trinajstić information content (AvgIpc) is 3.49. The van der Waals surface area contributed by atoms with Crippen LogP contribution < -0.4 is 14.8 Å². The van der Waals surface area contributed by atoms with Gasteiger partial charge in [-0.3, -0.25) is 4.79 Å². The van der Waals surface area contributed by atoms with Gasteiger partial charge < -0.3 is 14.5 Å². The zero-order chi connectivity index (χ0) is 27.1. The average molecular weight is 550 g/mol. The molecule has 0 atom stereocenters. The Morgan fingerprint density at radius 1 is 1.05 bits per heavy atom. The summed E-state index contributed by atoms with van der Waals surface area (Å²) in [4.78, 5) is 21.0. The number of benzene rings is 2. The van der Waals surface area contributed by atoms with Crippen molar-refractivity contribution in [2.24, 2.45) is 0 Å². The first-order chi connectivity index (χ1) is 17.9. The number of hydrogen-bond donors (Lipinski definition) is 2. The van der Waals surface area contributed by atoms with Gasteiger partial charge in [0.05, 0.1) is 17.9 Å². The molecule has 1 aliphatic rings. The quantitative estimate of drug-likeness (QED) is 0.317. The molecule has 198 valence electrons. The molecule has 1 aliphatic carbocycles. The van der Waals surface area contributed by atoms with Crippen LogP contribution in [0.5, 0.6) is 5.75 Å². The lowest BCUT2D eigenvalue weighted by Gasteiger charge is -2.16. The lowest BCUT2D eigenvalue weighted by atomic mass is 10.1. The molecule has 0 aliphatic heterocycles. The zero-order valence-electron chi connectivity index (χ0n) is 19.3. The van der Waals surface area contributed by atoms with Crippen molar-refractivity contribution < 1.29 is 39.9 Å². The van der Waals surface area contributed by atoms with Crippen LogP contribution in [0.1, 0.15) is 18.5 Å². The van der Waals surface area contributed by atoms with Crippen LogP contribution in [-0.2, 0) is 21.4 Å². The minimum absolute atomic E-state index is 0.0585. The third kappa shape index (κ3) is 5.60. The molecule has 2 heterocycles.